The second-order valence-electron chi connectivity index (χ2n) is 8.83. The van der Waals surface area contributed by atoms with Gasteiger partial charge in [-0.05, 0) is 87.9 Å². The number of nitrogens with zero attached hydrogens (tertiary/aromatic N) is 3. The van der Waals surface area contributed by atoms with E-state index in [-0.39, 0.29) is 0 Å². The lowest BCUT2D eigenvalue weighted by atomic mass is 9.65. The molecule has 142 valence electrons. The van der Waals surface area contributed by atoms with Crippen LogP contribution < -0.4 is 0 Å². The van der Waals surface area contributed by atoms with Crippen LogP contribution in [0.15, 0.2) is 24.4 Å². The third-order valence-corrected chi connectivity index (χ3v) is 7.12. The maximum atomic E-state index is 12.4. The van der Waals surface area contributed by atoms with Crippen LogP contribution in [0, 0.1) is 11.3 Å². The van der Waals surface area contributed by atoms with Gasteiger partial charge in [0.2, 0.25) is 5.91 Å². The van der Waals surface area contributed by atoms with Gasteiger partial charge >= 0.3 is 0 Å². The molecule has 0 radical (unpaired) electrons. The van der Waals surface area contributed by atoms with Crippen LogP contribution in [0.25, 0.3) is 0 Å². The predicted molar refractivity (Wildman–Crippen MR) is 104 cm³/mol. The van der Waals surface area contributed by atoms with E-state index in [1.807, 2.05) is 12.3 Å². The van der Waals surface area contributed by atoms with Crippen molar-refractivity contribution in [1.82, 2.24) is 14.8 Å². The molecule has 3 fully saturated rings. The molecule has 26 heavy (non-hydrogen) atoms. The average Bonchev–Trinajstić information content (AvgIpc) is 3.22. The molecular formula is C22H33N3O. The molecule has 0 bridgehead atoms. The van der Waals surface area contributed by atoms with Crippen LogP contribution in [-0.2, 0) is 11.3 Å². The fourth-order valence-corrected chi connectivity index (χ4v) is 5.24. The summed E-state index contributed by atoms with van der Waals surface area (Å²) in [6.07, 6.45) is 13.0. The first kappa shape index (κ1) is 18.0. The first-order chi connectivity index (χ1) is 12.7. The van der Waals surface area contributed by atoms with Crippen LogP contribution in [0.3, 0.4) is 0 Å². The monoisotopic (exact) mass is 355 g/mol. The highest BCUT2D eigenvalue weighted by Gasteiger charge is 2.38. The Morgan fingerprint density at radius 2 is 1.77 bits per heavy atom. The van der Waals surface area contributed by atoms with Crippen LogP contribution in [0.2, 0.25) is 0 Å². The molecule has 4 heteroatoms. The number of hydrogen-bond acceptors (Lipinski definition) is 3. The van der Waals surface area contributed by atoms with Crippen molar-refractivity contribution in [2.24, 2.45) is 11.3 Å². The zero-order valence-electron chi connectivity index (χ0n) is 16.0. The smallest absolute Gasteiger partial charge is 0.222 e. The van der Waals surface area contributed by atoms with Crippen molar-refractivity contribution in [2.45, 2.75) is 64.3 Å². The zero-order chi connectivity index (χ0) is 17.8. The van der Waals surface area contributed by atoms with Crippen LogP contribution in [0.1, 0.15) is 63.5 Å². The van der Waals surface area contributed by atoms with Crippen molar-refractivity contribution in [3.05, 3.63) is 30.1 Å². The van der Waals surface area contributed by atoms with E-state index in [0.29, 0.717) is 17.2 Å². The zero-order valence-corrected chi connectivity index (χ0v) is 16.0. The van der Waals surface area contributed by atoms with Crippen LogP contribution in [-0.4, -0.2) is 46.9 Å². The third kappa shape index (κ3) is 4.28. The Labute approximate surface area is 158 Å². The highest BCUT2D eigenvalue weighted by molar-refractivity contribution is 5.76. The lowest BCUT2D eigenvalue weighted by Gasteiger charge is -2.46. The summed E-state index contributed by atoms with van der Waals surface area (Å²) < 4.78 is 0. The maximum Gasteiger partial charge on any atom is 0.222 e. The summed E-state index contributed by atoms with van der Waals surface area (Å²) in [4.78, 5) is 21.5. The van der Waals surface area contributed by atoms with E-state index in [4.69, 9.17) is 0 Å². The molecule has 4 nitrogen and oxygen atoms in total. The Hall–Kier alpha value is -1.42. The van der Waals surface area contributed by atoms with E-state index < -0.39 is 0 Å². The van der Waals surface area contributed by atoms with E-state index in [0.717, 1.165) is 26.1 Å². The Morgan fingerprint density at radius 1 is 1.04 bits per heavy atom. The SMILES string of the molecule is O=C(CC1CCC2(CC1)CCN(Cc1ccccn1)CC2)N1CCCC1. The molecule has 2 aliphatic heterocycles. The van der Waals surface area contributed by atoms with Crippen molar-refractivity contribution in [2.75, 3.05) is 26.2 Å². The summed E-state index contributed by atoms with van der Waals surface area (Å²) in [6, 6.07) is 6.20. The largest absolute Gasteiger partial charge is 0.343 e. The molecule has 4 rings (SSSR count). The molecule has 0 aromatic carbocycles. The van der Waals surface area contributed by atoms with Gasteiger partial charge in [-0.3, -0.25) is 14.7 Å². The lowest BCUT2D eigenvalue weighted by molar-refractivity contribution is -0.131. The summed E-state index contributed by atoms with van der Waals surface area (Å²) in [5, 5.41) is 0. The number of pyridine rings is 1. The second kappa shape index (κ2) is 8.08. The van der Waals surface area contributed by atoms with Gasteiger partial charge in [0.15, 0.2) is 0 Å². The molecule has 0 N–H and O–H groups in total. The number of likely N-dealkylation sites (tertiary alicyclic amines) is 2. The lowest BCUT2D eigenvalue weighted by Crippen LogP contribution is -2.42. The van der Waals surface area contributed by atoms with Gasteiger partial charge in [0.05, 0.1) is 5.69 Å². The van der Waals surface area contributed by atoms with Crippen LogP contribution in [0.4, 0.5) is 0 Å². The fourth-order valence-electron chi connectivity index (χ4n) is 5.24. The van der Waals surface area contributed by atoms with Gasteiger partial charge in [0.25, 0.3) is 0 Å². The Balaban J connectivity index is 1.21. The molecule has 1 saturated carbocycles. The van der Waals surface area contributed by atoms with E-state index in [9.17, 15) is 4.79 Å². The van der Waals surface area contributed by atoms with Gasteiger partial charge in [-0.2, -0.15) is 0 Å². The standard InChI is InChI=1S/C22H33N3O/c26-21(25-13-3-4-14-25)17-19-6-8-22(9-7-19)10-15-24(16-11-22)18-20-5-1-2-12-23-20/h1-2,5,12,19H,3-4,6-11,13-18H2. The third-order valence-electron chi connectivity index (χ3n) is 7.12. The number of rotatable bonds is 4. The minimum atomic E-state index is 0.425. The molecule has 3 aliphatic rings. The molecule has 1 aromatic heterocycles. The molecule has 1 amide bonds. The second-order valence-corrected chi connectivity index (χ2v) is 8.83. The molecule has 1 aliphatic carbocycles. The Morgan fingerprint density at radius 3 is 2.42 bits per heavy atom. The molecular weight excluding hydrogens is 322 g/mol. The van der Waals surface area contributed by atoms with Gasteiger partial charge < -0.3 is 4.90 Å². The first-order valence-electron chi connectivity index (χ1n) is 10.6. The quantitative estimate of drug-likeness (QED) is 0.823. The van der Waals surface area contributed by atoms with E-state index in [1.54, 1.807) is 0 Å². The van der Waals surface area contributed by atoms with Crippen molar-refractivity contribution in [3.63, 3.8) is 0 Å². The van der Waals surface area contributed by atoms with Crippen molar-refractivity contribution >= 4 is 5.91 Å². The first-order valence-corrected chi connectivity index (χ1v) is 10.6. The minimum Gasteiger partial charge on any atom is -0.343 e. The van der Waals surface area contributed by atoms with Gasteiger partial charge in [-0.15, -0.1) is 0 Å². The van der Waals surface area contributed by atoms with Gasteiger partial charge in [-0.25, -0.2) is 0 Å². The van der Waals surface area contributed by atoms with Crippen molar-refractivity contribution < 1.29 is 4.79 Å². The highest BCUT2D eigenvalue weighted by atomic mass is 16.2. The van der Waals surface area contributed by atoms with E-state index in [1.165, 1.54) is 70.2 Å². The van der Waals surface area contributed by atoms with Crippen LogP contribution >= 0.6 is 0 Å². The molecule has 0 unspecified atom stereocenters. The van der Waals surface area contributed by atoms with Crippen LogP contribution in [0.5, 0.6) is 0 Å². The number of aromatic nitrogens is 1. The number of carbonyl (C=O) groups excluding carboxylic acids is 1. The van der Waals surface area contributed by atoms with Crippen molar-refractivity contribution in [3.8, 4) is 0 Å². The normalized spacial score (nSPS) is 24.2. The predicted octanol–water partition coefficient (Wildman–Crippen LogP) is 3.87. The number of piperidine rings is 1. The summed E-state index contributed by atoms with van der Waals surface area (Å²) in [6.45, 7) is 5.40. The molecule has 2 saturated heterocycles. The average molecular weight is 356 g/mol. The number of hydrogen-bond donors (Lipinski definition) is 0. The van der Waals surface area contributed by atoms with E-state index in [2.05, 4.69) is 26.9 Å². The number of amides is 1. The highest BCUT2D eigenvalue weighted by Crippen LogP contribution is 2.47. The summed E-state index contributed by atoms with van der Waals surface area (Å²) >= 11 is 0. The Kier molecular flexibility index (Phi) is 5.58. The maximum absolute atomic E-state index is 12.4. The summed E-state index contributed by atoms with van der Waals surface area (Å²) in [7, 11) is 0. The Bertz CT molecular complexity index is 579. The minimum absolute atomic E-state index is 0.425. The molecule has 0 atom stereocenters. The molecule has 1 aromatic rings. The number of carbonyl (C=O) groups is 1. The molecule has 1 spiro atoms. The summed E-state index contributed by atoms with van der Waals surface area (Å²) in [5.41, 5.74) is 1.75. The fraction of sp³-hybridized carbons (Fsp3) is 0.727. The van der Waals surface area contributed by atoms with Crippen molar-refractivity contribution in [1.29, 1.82) is 0 Å². The van der Waals surface area contributed by atoms with Gasteiger partial charge in [0, 0.05) is 32.3 Å². The van der Waals surface area contributed by atoms with E-state index >= 15 is 0 Å². The molecule has 3 heterocycles. The topological polar surface area (TPSA) is 36.4 Å². The van der Waals surface area contributed by atoms with Gasteiger partial charge in [0.1, 0.15) is 0 Å². The van der Waals surface area contributed by atoms with Gasteiger partial charge in [-0.1, -0.05) is 6.07 Å². The summed E-state index contributed by atoms with van der Waals surface area (Å²) in [5.74, 6) is 1.06.